The fourth-order valence-corrected chi connectivity index (χ4v) is 2.14. The van der Waals surface area contributed by atoms with Crippen molar-refractivity contribution in [1.82, 2.24) is 4.90 Å². The van der Waals surface area contributed by atoms with E-state index in [2.05, 4.69) is 0 Å². The van der Waals surface area contributed by atoms with Crippen molar-refractivity contribution < 1.29 is 19.5 Å². The second-order valence-electron chi connectivity index (χ2n) is 5.50. The summed E-state index contributed by atoms with van der Waals surface area (Å²) in [6, 6.07) is 0. The molecule has 0 spiro atoms. The second kappa shape index (κ2) is 5.08. The summed E-state index contributed by atoms with van der Waals surface area (Å²) in [4.78, 5) is 36.3. The molecule has 1 fully saturated rings. The van der Waals surface area contributed by atoms with Gasteiger partial charge in [0.05, 0.1) is 11.3 Å². The van der Waals surface area contributed by atoms with Gasteiger partial charge < -0.3 is 5.11 Å². The molecule has 0 saturated carbocycles. The number of amides is 2. The molecule has 5 heteroatoms. The van der Waals surface area contributed by atoms with E-state index in [0.29, 0.717) is 6.42 Å². The first-order valence-corrected chi connectivity index (χ1v) is 6.31. The third-order valence-electron chi connectivity index (χ3n) is 4.07. The Morgan fingerprint density at radius 1 is 1.44 bits per heavy atom. The first kappa shape index (κ1) is 14.7. The lowest BCUT2D eigenvalue weighted by Crippen LogP contribution is -2.40. The topological polar surface area (TPSA) is 74.7 Å². The SMILES string of the molecule is CCC(CN1C(=O)CC(C)(C(C)C)C1=O)C(=O)O. The summed E-state index contributed by atoms with van der Waals surface area (Å²) < 4.78 is 0. The number of rotatable bonds is 5. The smallest absolute Gasteiger partial charge is 0.308 e. The Morgan fingerprint density at radius 3 is 2.33 bits per heavy atom. The van der Waals surface area contributed by atoms with E-state index in [1.165, 1.54) is 0 Å². The molecule has 1 rings (SSSR count). The number of carboxylic acids is 1. The van der Waals surface area contributed by atoms with Gasteiger partial charge in [-0.2, -0.15) is 0 Å². The summed E-state index contributed by atoms with van der Waals surface area (Å²) in [5.74, 6) is -2.06. The first-order valence-electron chi connectivity index (χ1n) is 6.31. The first-order chi connectivity index (χ1) is 8.24. The van der Waals surface area contributed by atoms with Gasteiger partial charge in [-0.25, -0.2) is 0 Å². The molecule has 1 aliphatic rings. The second-order valence-corrected chi connectivity index (χ2v) is 5.50. The van der Waals surface area contributed by atoms with Gasteiger partial charge in [0.15, 0.2) is 0 Å². The molecule has 0 radical (unpaired) electrons. The van der Waals surface area contributed by atoms with Crippen LogP contribution in [0.3, 0.4) is 0 Å². The highest BCUT2D eigenvalue weighted by atomic mass is 16.4. The van der Waals surface area contributed by atoms with Crippen molar-refractivity contribution in [2.75, 3.05) is 6.54 Å². The molecule has 1 aliphatic heterocycles. The van der Waals surface area contributed by atoms with Crippen molar-refractivity contribution in [1.29, 1.82) is 0 Å². The predicted octanol–water partition coefficient (Wildman–Crippen LogP) is 1.52. The predicted molar refractivity (Wildman–Crippen MR) is 65.7 cm³/mol. The molecule has 18 heavy (non-hydrogen) atoms. The lowest BCUT2D eigenvalue weighted by molar-refractivity contribution is -0.147. The van der Waals surface area contributed by atoms with Crippen LogP contribution < -0.4 is 0 Å². The molecule has 1 heterocycles. The summed E-state index contributed by atoms with van der Waals surface area (Å²) in [6.07, 6.45) is 0.588. The minimum Gasteiger partial charge on any atom is -0.481 e. The molecular formula is C13H21NO4. The van der Waals surface area contributed by atoms with Gasteiger partial charge in [0.1, 0.15) is 0 Å². The zero-order chi connectivity index (χ0) is 14.1. The summed E-state index contributed by atoms with van der Waals surface area (Å²) in [5.41, 5.74) is -0.687. The zero-order valence-corrected chi connectivity index (χ0v) is 11.4. The summed E-state index contributed by atoms with van der Waals surface area (Å²) >= 11 is 0. The average molecular weight is 255 g/mol. The maximum absolute atomic E-state index is 12.3. The fraction of sp³-hybridized carbons (Fsp3) is 0.769. The number of nitrogens with zero attached hydrogens (tertiary/aromatic N) is 1. The van der Waals surface area contributed by atoms with Crippen molar-refractivity contribution in [3.63, 3.8) is 0 Å². The minimum atomic E-state index is -0.962. The number of hydrogen-bond acceptors (Lipinski definition) is 3. The van der Waals surface area contributed by atoms with Crippen molar-refractivity contribution in [2.45, 2.75) is 40.5 Å². The summed E-state index contributed by atoms with van der Waals surface area (Å²) in [6.45, 7) is 7.32. The van der Waals surface area contributed by atoms with Gasteiger partial charge >= 0.3 is 5.97 Å². The molecule has 2 amide bonds. The van der Waals surface area contributed by atoms with Gasteiger partial charge in [0.2, 0.25) is 11.8 Å². The average Bonchev–Trinajstić information content (AvgIpc) is 2.48. The van der Waals surface area contributed by atoms with Gasteiger partial charge in [-0.15, -0.1) is 0 Å². The Balaban J connectivity index is 2.89. The van der Waals surface area contributed by atoms with Crippen molar-refractivity contribution in [2.24, 2.45) is 17.3 Å². The number of carboxylic acid groups (broad SMARTS) is 1. The van der Waals surface area contributed by atoms with E-state index in [4.69, 9.17) is 5.11 Å². The molecule has 0 aromatic rings. The molecular weight excluding hydrogens is 234 g/mol. The Labute approximate surface area is 107 Å². The lowest BCUT2D eigenvalue weighted by Gasteiger charge is -2.26. The van der Waals surface area contributed by atoms with E-state index in [-0.39, 0.29) is 30.7 Å². The normalized spacial score (nSPS) is 25.9. The number of carbonyl (C=O) groups is 3. The van der Waals surface area contributed by atoms with Crippen LogP contribution in [-0.2, 0) is 14.4 Å². The minimum absolute atomic E-state index is 0.00812. The summed E-state index contributed by atoms with van der Waals surface area (Å²) in [5, 5.41) is 9.00. The van der Waals surface area contributed by atoms with Crippen LogP contribution in [0, 0.1) is 17.3 Å². The Kier molecular flexibility index (Phi) is 4.14. The highest BCUT2D eigenvalue weighted by Crippen LogP contribution is 2.39. The van der Waals surface area contributed by atoms with E-state index in [1.807, 2.05) is 13.8 Å². The van der Waals surface area contributed by atoms with Crippen molar-refractivity contribution >= 4 is 17.8 Å². The lowest BCUT2D eigenvalue weighted by atomic mass is 9.78. The Hall–Kier alpha value is -1.39. The monoisotopic (exact) mass is 255 g/mol. The van der Waals surface area contributed by atoms with Gasteiger partial charge in [0.25, 0.3) is 0 Å². The van der Waals surface area contributed by atoms with E-state index in [0.717, 1.165) is 4.90 Å². The van der Waals surface area contributed by atoms with Crippen LogP contribution in [-0.4, -0.2) is 34.3 Å². The van der Waals surface area contributed by atoms with Crippen LogP contribution in [0.15, 0.2) is 0 Å². The Bertz CT molecular complexity index is 377. The van der Waals surface area contributed by atoms with Crippen LogP contribution in [0.4, 0.5) is 0 Å². The van der Waals surface area contributed by atoms with E-state index >= 15 is 0 Å². The fourth-order valence-electron chi connectivity index (χ4n) is 2.14. The largest absolute Gasteiger partial charge is 0.481 e. The van der Waals surface area contributed by atoms with E-state index < -0.39 is 17.3 Å². The molecule has 0 aliphatic carbocycles. The number of likely N-dealkylation sites (tertiary alicyclic amines) is 1. The molecule has 0 aromatic carbocycles. The number of imide groups is 1. The maximum Gasteiger partial charge on any atom is 0.308 e. The van der Waals surface area contributed by atoms with Crippen LogP contribution >= 0.6 is 0 Å². The van der Waals surface area contributed by atoms with Crippen molar-refractivity contribution in [3.05, 3.63) is 0 Å². The number of hydrogen-bond donors (Lipinski definition) is 1. The van der Waals surface area contributed by atoms with E-state index in [9.17, 15) is 14.4 Å². The highest BCUT2D eigenvalue weighted by Gasteiger charge is 2.50. The number of aliphatic carboxylic acids is 1. The molecule has 2 unspecified atom stereocenters. The zero-order valence-electron chi connectivity index (χ0n) is 11.4. The maximum atomic E-state index is 12.3. The quantitative estimate of drug-likeness (QED) is 0.756. The van der Waals surface area contributed by atoms with Crippen LogP contribution in [0.2, 0.25) is 0 Å². The third kappa shape index (κ3) is 2.40. The Morgan fingerprint density at radius 2 is 2.00 bits per heavy atom. The standard InChI is InChI=1S/C13H21NO4/c1-5-9(11(16)17)7-14-10(15)6-13(4,8(2)3)12(14)18/h8-9H,5-7H2,1-4H3,(H,16,17). The molecule has 102 valence electrons. The molecule has 1 saturated heterocycles. The molecule has 2 atom stereocenters. The summed E-state index contributed by atoms with van der Waals surface area (Å²) in [7, 11) is 0. The number of carbonyl (C=O) groups excluding carboxylic acids is 2. The highest BCUT2D eigenvalue weighted by molar-refractivity contribution is 6.06. The van der Waals surface area contributed by atoms with Crippen LogP contribution in [0.1, 0.15) is 40.5 Å². The van der Waals surface area contributed by atoms with Crippen molar-refractivity contribution in [3.8, 4) is 0 Å². The molecule has 5 nitrogen and oxygen atoms in total. The molecule has 0 aromatic heterocycles. The molecule has 0 bridgehead atoms. The molecule has 1 N–H and O–H groups in total. The van der Waals surface area contributed by atoms with E-state index in [1.54, 1.807) is 13.8 Å². The van der Waals surface area contributed by atoms with Gasteiger partial charge in [-0.1, -0.05) is 20.8 Å². The third-order valence-corrected chi connectivity index (χ3v) is 4.07. The van der Waals surface area contributed by atoms with Gasteiger partial charge in [-0.3, -0.25) is 19.3 Å². The van der Waals surface area contributed by atoms with Crippen LogP contribution in [0.5, 0.6) is 0 Å². The van der Waals surface area contributed by atoms with Crippen LogP contribution in [0.25, 0.3) is 0 Å². The van der Waals surface area contributed by atoms with Gasteiger partial charge in [-0.05, 0) is 19.3 Å². The van der Waals surface area contributed by atoms with Gasteiger partial charge in [0, 0.05) is 13.0 Å².